The Kier molecular flexibility index (Phi) is 5.43. The van der Waals surface area contributed by atoms with Crippen molar-refractivity contribution in [1.29, 1.82) is 0 Å². The fourth-order valence-electron chi connectivity index (χ4n) is 2.05. The van der Waals surface area contributed by atoms with Crippen LogP contribution in [0.1, 0.15) is 11.1 Å². The number of allylic oxidation sites excluding steroid dienone is 1. The Morgan fingerprint density at radius 2 is 1.76 bits per heavy atom. The maximum absolute atomic E-state index is 12.5. The van der Waals surface area contributed by atoms with Gasteiger partial charge in [-0.3, -0.25) is 4.79 Å². The van der Waals surface area contributed by atoms with E-state index < -0.39 is 0 Å². The molecule has 0 unspecified atom stereocenters. The lowest BCUT2D eigenvalue weighted by molar-refractivity contribution is -0.113. The molecule has 2 rings (SSSR count). The van der Waals surface area contributed by atoms with Gasteiger partial charge in [0.1, 0.15) is 0 Å². The van der Waals surface area contributed by atoms with Gasteiger partial charge in [0.25, 0.3) is 0 Å². The van der Waals surface area contributed by atoms with Gasteiger partial charge in [0.05, 0.1) is 0 Å². The number of Topliss-reactive ketones (excluding diaryl/α,β-unsaturated/α-hetero) is 1. The van der Waals surface area contributed by atoms with E-state index in [0.29, 0.717) is 22.0 Å². The number of hydrogen-bond acceptors (Lipinski definition) is 2. The van der Waals surface area contributed by atoms with Crippen LogP contribution in [0.5, 0.6) is 0 Å². The predicted octanol–water partition coefficient (Wildman–Crippen LogP) is 4.37. The molecule has 0 aromatic heterocycles. The second-order valence-corrected chi connectivity index (χ2v) is 5.46. The van der Waals surface area contributed by atoms with Crippen molar-refractivity contribution in [3.8, 4) is 0 Å². The highest BCUT2D eigenvalue weighted by molar-refractivity contribution is 6.31. The van der Waals surface area contributed by atoms with E-state index in [9.17, 15) is 4.79 Å². The number of halogens is 2. The lowest BCUT2D eigenvalue weighted by Crippen LogP contribution is -2.09. The molecule has 0 aliphatic carbocycles. The molecular weight excluding hydrogens is 305 g/mol. The zero-order chi connectivity index (χ0) is 15.2. The molecule has 0 spiro atoms. The highest BCUT2D eigenvalue weighted by Crippen LogP contribution is 2.21. The van der Waals surface area contributed by atoms with Crippen LogP contribution in [-0.2, 0) is 11.2 Å². The van der Waals surface area contributed by atoms with Gasteiger partial charge in [0, 0.05) is 35.3 Å². The Bertz CT molecular complexity index is 680. The lowest BCUT2D eigenvalue weighted by Gasteiger charge is -2.08. The number of benzene rings is 2. The van der Waals surface area contributed by atoms with E-state index in [-0.39, 0.29) is 5.78 Å². The number of carbonyl (C=O) groups is 1. The summed E-state index contributed by atoms with van der Waals surface area (Å²) in [4.78, 5) is 12.5. The third kappa shape index (κ3) is 4.35. The van der Waals surface area contributed by atoms with Gasteiger partial charge >= 0.3 is 0 Å². The monoisotopic (exact) mass is 319 g/mol. The quantitative estimate of drug-likeness (QED) is 0.829. The smallest absolute Gasteiger partial charge is 0.169 e. The maximum Gasteiger partial charge on any atom is 0.169 e. The van der Waals surface area contributed by atoms with Crippen molar-refractivity contribution in [1.82, 2.24) is 5.32 Å². The Morgan fingerprint density at radius 3 is 2.38 bits per heavy atom. The molecule has 0 aliphatic rings. The van der Waals surface area contributed by atoms with Crippen LogP contribution >= 0.6 is 23.2 Å². The van der Waals surface area contributed by atoms with Crippen LogP contribution in [0.15, 0.2) is 54.7 Å². The molecule has 108 valence electrons. The zero-order valence-electron chi connectivity index (χ0n) is 11.6. The summed E-state index contributed by atoms with van der Waals surface area (Å²) in [6, 6.07) is 14.6. The van der Waals surface area contributed by atoms with Crippen LogP contribution in [0.4, 0.5) is 0 Å². The van der Waals surface area contributed by atoms with Crippen LogP contribution in [0.3, 0.4) is 0 Å². The highest BCUT2D eigenvalue weighted by Gasteiger charge is 2.13. The minimum absolute atomic E-state index is 0.00823. The third-order valence-corrected chi connectivity index (χ3v) is 3.45. The van der Waals surface area contributed by atoms with Gasteiger partial charge in [-0.2, -0.15) is 0 Å². The van der Waals surface area contributed by atoms with Crippen LogP contribution in [-0.4, -0.2) is 12.8 Å². The molecule has 0 bridgehead atoms. The SMILES string of the molecule is CNC=C(C(=O)Cc1cccc(Cl)c1)c1cccc(Cl)c1. The van der Waals surface area contributed by atoms with Crippen LogP contribution in [0.2, 0.25) is 10.0 Å². The average Bonchev–Trinajstić information content (AvgIpc) is 2.44. The first-order valence-electron chi connectivity index (χ1n) is 6.51. The summed E-state index contributed by atoms with van der Waals surface area (Å²) in [5.41, 5.74) is 2.28. The second kappa shape index (κ2) is 7.30. The highest BCUT2D eigenvalue weighted by atomic mass is 35.5. The van der Waals surface area contributed by atoms with Crippen molar-refractivity contribution in [2.24, 2.45) is 0 Å². The molecule has 0 saturated carbocycles. The Hall–Kier alpha value is -1.77. The van der Waals surface area contributed by atoms with Gasteiger partial charge < -0.3 is 5.32 Å². The molecule has 2 nitrogen and oxygen atoms in total. The summed E-state index contributed by atoms with van der Waals surface area (Å²) in [6.07, 6.45) is 1.99. The van der Waals surface area contributed by atoms with Gasteiger partial charge in [0.15, 0.2) is 5.78 Å². The number of carbonyl (C=O) groups excluding carboxylic acids is 1. The van der Waals surface area contributed by atoms with Gasteiger partial charge in [-0.15, -0.1) is 0 Å². The number of ketones is 1. The molecule has 2 aromatic carbocycles. The van der Waals surface area contributed by atoms with E-state index in [4.69, 9.17) is 23.2 Å². The molecule has 0 saturated heterocycles. The van der Waals surface area contributed by atoms with Crippen molar-refractivity contribution in [3.63, 3.8) is 0 Å². The van der Waals surface area contributed by atoms with Gasteiger partial charge in [-0.25, -0.2) is 0 Å². The molecule has 0 amide bonds. The largest absolute Gasteiger partial charge is 0.393 e. The normalized spacial score (nSPS) is 11.3. The van der Waals surface area contributed by atoms with E-state index >= 15 is 0 Å². The molecule has 0 radical (unpaired) electrons. The fourth-order valence-corrected chi connectivity index (χ4v) is 2.46. The second-order valence-electron chi connectivity index (χ2n) is 4.59. The standard InChI is InChI=1S/C17H15Cl2NO/c1-20-11-16(13-5-3-7-15(19)10-13)17(21)9-12-4-2-6-14(18)8-12/h2-8,10-11,20H,9H2,1H3. The lowest BCUT2D eigenvalue weighted by atomic mass is 9.98. The van der Waals surface area contributed by atoms with Crippen molar-refractivity contribution in [2.75, 3.05) is 7.05 Å². The molecule has 0 heterocycles. The van der Waals surface area contributed by atoms with Crippen LogP contribution < -0.4 is 5.32 Å². The molecule has 2 aromatic rings. The topological polar surface area (TPSA) is 29.1 Å². The molecular formula is C17H15Cl2NO. The minimum atomic E-state index is 0.00823. The Morgan fingerprint density at radius 1 is 1.10 bits per heavy atom. The van der Waals surface area contributed by atoms with Crippen molar-refractivity contribution >= 4 is 34.6 Å². The first-order valence-corrected chi connectivity index (χ1v) is 7.27. The average molecular weight is 320 g/mol. The Balaban J connectivity index is 2.27. The maximum atomic E-state index is 12.5. The predicted molar refractivity (Wildman–Crippen MR) is 88.7 cm³/mol. The molecule has 21 heavy (non-hydrogen) atoms. The van der Waals surface area contributed by atoms with E-state index in [2.05, 4.69) is 5.32 Å². The van der Waals surface area contributed by atoms with Crippen molar-refractivity contribution in [3.05, 3.63) is 75.9 Å². The molecule has 0 atom stereocenters. The zero-order valence-corrected chi connectivity index (χ0v) is 13.1. The van der Waals surface area contributed by atoms with Gasteiger partial charge in [0.2, 0.25) is 0 Å². The van der Waals surface area contributed by atoms with E-state index in [1.54, 1.807) is 37.5 Å². The summed E-state index contributed by atoms with van der Waals surface area (Å²) in [7, 11) is 1.76. The summed E-state index contributed by atoms with van der Waals surface area (Å²) >= 11 is 11.9. The molecule has 4 heteroatoms. The van der Waals surface area contributed by atoms with Gasteiger partial charge in [-0.05, 0) is 35.4 Å². The minimum Gasteiger partial charge on any atom is -0.393 e. The van der Waals surface area contributed by atoms with E-state index in [1.807, 2.05) is 24.3 Å². The summed E-state index contributed by atoms with van der Waals surface area (Å²) in [5.74, 6) is 0.00823. The summed E-state index contributed by atoms with van der Waals surface area (Å²) < 4.78 is 0. The fraction of sp³-hybridized carbons (Fsp3) is 0.118. The van der Waals surface area contributed by atoms with Crippen molar-refractivity contribution < 1.29 is 4.79 Å². The van der Waals surface area contributed by atoms with Crippen LogP contribution in [0.25, 0.3) is 5.57 Å². The Labute approximate surface area is 134 Å². The van der Waals surface area contributed by atoms with Crippen LogP contribution in [0, 0.1) is 0 Å². The first kappa shape index (κ1) is 15.6. The van der Waals surface area contributed by atoms with Gasteiger partial charge in [-0.1, -0.05) is 47.5 Å². The number of hydrogen-bond donors (Lipinski definition) is 1. The van der Waals surface area contributed by atoms with E-state index in [1.165, 1.54) is 0 Å². The number of rotatable bonds is 5. The summed E-state index contributed by atoms with van der Waals surface area (Å²) in [5, 5.41) is 4.14. The molecule has 1 N–H and O–H groups in total. The molecule has 0 fully saturated rings. The number of nitrogens with one attached hydrogen (secondary N) is 1. The third-order valence-electron chi connectivity index (χ3n) is 2.98. The van der Waals surface area contributed by atoms with E-state index in [0.717, 1.165) is 11.1 Å². The molecule has 0 aliphatic heterocycles. The summed E-state index contributed by atoms with van der Waals surface area (Å²) in [6.45, 7) is 0. The van der Waals surface area contributed by atoms with Crippen molar-refractivity contribution in [2.45, 2.75) is 6.42 Å². The first-order chi connectivity index (χ1) is 10.1.